The Bertz CT molecular complexity index is 411. The Balaban J connectivity index is 2.45. The Kier molecular flexibility index (Phi) is 6.69. The van der Waals surface area contributed by atoms with Crippen LogP contribution in [0.2, 0.25) is 0 Å². The van der Waals surface area contributed by atoms with E-state index in [1.807, 2.05) is 45.9 Å². The van der Waals surface area contributed by atoms with E-state index in [1.165, 1.54) is 5.57 Å². The third kappa shape index (κ3) is 6.63. The monoisotopic (exact) mass is 292 g/mol. The number of rotatable bonds is 4. The summed E-state index contributed by atoms with van der Waals surface area (Å²) >= 11 is 0. The molecule has 4 nitrogen and oxygen atoms in total. The second-order valence-electron chi connectivity index (χ2n) is 6.22. The predicted octanol–water partition coefficient (Wildman–Crippen LogP) is 3.23. The number of allylic oxidation sites excluding steroid dienone is 3. The lowest BCUT2D eigenvalue weighted by molar-refractivity contribution is 0.0153. The van der Waals surface area contributed by atoms with E-state index in [0.717, 1.165) is 19.6 Å². The number of carbonyl (C=O) groups excluding carboxylic acids is 1. The third-order valence-corrected chi connectivity index (χ3v) is 3.20. The first-order valence-corrected chi connectivity index (χ1v) is 7.50. The number of hydrogen-bond donors (Lipinski definition) is 0. The molecule has 0 saturated carbocycles. The molecule has 0 N–H and O–H groups in total. The van der Waals surface area contributed by atoms with Crippen LogP contribution in [-0.2, 0) is 4.74 Å². The molecule has 1 heterocycles. The molecule has 0 bridgehead atoms. The second-order valence-corrected chi connectivity index (χ2v) is 6.22. The summed E-state index contributed by atoms with van der Waals surface area (Å²) in [5.41, 5.74) is 0.762. The predicted molar refractivity (Wildman–Crippen MR) is 87.3 cm³/mol. The van der Waals surface area contributed by atoms with Crippen LogP contribution in [-0.4, -0.2) is 54.2 Å². The Labute approximate surface area is 128 Å². The normalized spacial score (nSPS) is 18.1. The molecule has 0 radical (unpaired) electrons. The van der Waals surface area contributed by atoms with Gasteiger partial charge in [0, 0.05) is 32.7 Å². The maximum absolute atomic E-state index is 12.0. The number of hydrogen-bond acceptors (Lipinski definition) is 3. The van der Waals surface area contributed by atoms with E-state index in [9.17, 15) is 4.79 Å². The summed E-state index contributed by atoms with van der Waals surface area (Å²) in [5.74, 6) is 0. The molecule has 0 atom stereocenters. The molecule has 0 aromatic rings. The smallest absolute Gasteiger partial charge is 0.410 e. The topological polar surface area (TPSA) is 32.8 Å². The highest BCUT2D eigenvalue weighted by molar-refractivity contribution is 5.68. The maximum atomic E-state index is 12.0. The average Bonchev–Trinajstić information content (AvgIpc) is 2.42. The Hall–Kier alpha value is -1.55. The molecule has 0 aromatic heterocycles. The fraction of sp³-hybridized carbons (Fsp3) is 0.588. The largest absolute Gasteiger partial charge is 0.444 e. The quantitative estimate of drug-likeness (QED) is 0.746. The summed E-state index contributed by atoms with van der Waals surface area (Å²) < 4.78 is 5.40. The van der Waals surface area contributed by atoms with Crippen LogP contribution in [0.3, 0.4) is 0 Å². The molecule has 1 aliphatic heterocycles. The van der Waals surface area contributed by atoms with Crippen molar-refractivity contribution in [1.82, 2.24) is 9.80 Å². The molecule has 21 heavy (non-hydrogen) atoms. The second kappa shape index (κ2) is 8.03. The summed E-state index contributed by atoms with van der Waals surface area (Å²) in [6.07, 6.45) is 7.78. The van der Waals surface area contributed by atoms with Gasteiger partial charge in [-0.3, -0.25) is 4.90 Å². The van der Waals surface area contributed by atoms with Crippen molar-refractivity contribution in [3.05, 3.63) is 36.5 Å². The molecule has 1 rings (SSSR count). The van der Waals surface area contributed by atoms with Crippen LogP contribution in [0.5, 0.6) is 0 Å². The summed E-state index contributed by atoms with van der Waals surface area (Å²) in [7, 11) is 0. The van der Waals surface area contributed by atoms with E-state index in [1.54, 1.807) is 4.90 Å². The summed E-state index contributed by atoms with van der Waals surface area (Å²) in [6, 6.07) is 0. The van der Waals surface area contributed by atoms with Crippen molar-refractivity contribution in [3.63, 3.8) is 0 Å². The molecule has 4 heteroatoms. The summed E-state index contributed by atoms with van der Waals surface area (Å²) in [5, 5.41) is 0. The lowest BCUT2D eigenvalue weighted by Crippen LogP contribution is -2.50. The molecule has 1 fully saturated rings. The van der Waals surface area contributed by atoms with E-state index >= 15 is 0 Å². The molecule has 118 valence electrons. The van der Waals surface area contributed by atoms with E-state index in [-0.39, 0.29) is 6.09 Å². The van der Waals surface area contributed by atoms with Gasteiger partial charge in [-0.2, -0.15) is 0 Å². The van der Waals surface area contributed by atoms with Gasteiger partial charge < -0.3 is 9.64 Å². The first kappa shape index (κ1) is 17.5. The Morgan fingerprint density at radius 2 is 1.86 bits per heavy atom. The zero-order valence-corrected chi connectivity index (χ0v) is 13.8. The minimum atomic E-state index is -0.431. The summed E-state index contributed by atoms with van der Waals surface area (Å²) in [4.78, 5) is 16.1. The van der Waals surface area contributed by atoms with Gasteiger partial charge in [0.25, 0.3) is 0 Å². The van der Waals surface area contributed by atoms with Crippen molar-refractivity contribution in [3.8, 4) is 0 Å². The van der Waals surface area contributed by atoms with Crippen molar-refractivity contribution in [1.29, 1.82) is 0 Å². The first-order chi connectivity index (χ1) is 9.85. The maximum Gasteiger partial charge on any atom is 0.410 e. The Morgan fingerprint density at radius 1 is 1.24 bits per heavy atom. The SMILES string of the molecule is C=CC(=CC=CC)CN1CCN(C(=O)OC(C)(C)C)CC1. The van der Waals surface area contributed by atoms with Crippen LogP contribution in [0, 0.1) is 0 Å². The van der Waals surface area contributed by atoms with Crippen LogP contribution in [0.15, 0.2) is 36.5 Å². The van der Waals surface area contributed by atoms with Gasteiger partial charge in [-0.25, -0.2) is 4.79 Å². The minimum Gasteiger partial charge on any atom is -0.444 e. The fourth-order valence-corrected chi connectivity index (χ4v) is 2.08. The third-order valence-electron chi connectivity index (χ3n) is 3.20. The van der Waals surface area contributed by atoms with E-state index in [0.29, 0.717) is 13.1 Å². The molecule has 0 unspecified atom stereocenters. The Morgan fingerprint density at radius 3 is 2.33 bits per heavy atom. The van der Waals surface area contributed by atoms with Gasteiger partial charge in [0.05, 0.1) is 0 Å². The van der Waals surface area contributed by atoms with Gasteiger partial charge in [-0.15, -0.1) is 0 Å². The molecule has 0 spiro atoms. The highest BCUT2D eigenvalue weighted by Crippen LogP contribution is 2.12. The van der Waals surface area contributed by atoms with Gasteiger partial charge in [0.2, 0.25) is 0 Å². The number of carbonyl (C=O) groups is 1. The van der Waals surface area contributed by atoms with Gasteiger partial charge in [-0.1, -0.05) is 30.9 Å². The molecule has 1 saturated heterocycles. The number of amides is 1. The molecular weight excluding hydrogens is 264 g/mol. The number of ether oxygens (including phenoxy) is 1. The van der Waals surface area contributed by atoms with Crippen molar-refractivity contribution in [2.45, 2.75) is 33.3 Å². The van der Waals surface area contributed by atoms with Crippen molar-refractivity contribution < 1.29 is 9.53 Å². The average molecular weight is 292 g/mol. The lowest BCUT2D eigenvalue weighted by atomic mass is 10.2. The molecule has 1 aliphatic rings. The lowest BCUT2D eigenvalue weighted by Gasteiger charge is -2.35. The summed E-state index contributed by atoms with van der Waals surface area (Å²) in [6.45, 7) is 15.5. The van der Waals surface area contributed by atoms with Crippen LogP contribution >= 0.6 is 0 Å². The van der Waals surface area contributed by atoms with Crippen LogP contribution in [0.1, 0.15) is 27.7 Å². The van der Waals surface area contributed by atoms with Gasteiger partial charge in [0.15, 0.2) is 0 Å². The molecule has 0 aliphatic carbocycles. The number of nitrogens with zero attached hydrogens (tertiary/aromatic N) is 2. The van der Waals surface area contributed by atoms with Crippen LogP contribution in [0.4, 0.5) is 4.79 Å². The first-order valence-electron chi connectivity index (χ1n) is 7.50. The van der Waals surface area contributed by atoms with Crippen LogP contribution in [0.25, 0.3) is 0 Å². The van der Waals surface area contributed by atoms with Gasteiger partial charge >= 0.3 is 6.09 Å². The zero-order valence-electron chi connectivity index (χ0n) is 13.8. The van der Waals surface area contributed by atoms with E-state index in [4.69, 9.17) is 4.74 Å². The van der Waals surface area contributed by atoms with Gasteiger partial charge in [-0.05, 0) is 33.3 Å². The van der Waals surface area contributed by atoms with Crippen molar-refractivity contribution >= 4 is 6.09 Å². The zero-order chi connectivity index (χ0) is 15.9. The standard InChI is InChI=1S/C17H28N2O2/c1-6-8-9-15(7-2)14-18-10-12-19(13-11-18)16(20)21-17(3,4)5/h6-9H,2,10-14H2,1,3-5H3. The molecule has 1 amide bonds. The van der Waals surface area contributed by atoms with Gasteiger partial charge in [0.1, 0.15) is 5.60 Å². The van der Waals surface area contributed by atoms with E-state index < -0.39 is 5.60 Å². The minimum absolute atomic E-state index is 0.212. The fourth-order valence-electron chi connectivity index (χ4n) is 2.08. The number of piperazine rings is 1. The molecule has 0 aromatic carbocycles. The van der Waals surface area contributed by atoms with Crippen LogP contribution < -0.4 is 0 Å². The van der Waals surface area contributed by atoms with Crippen molar-refractivity contribution in [2.24, 2.45) is 0 Å². The highest BCUT2D eigenvalue weighted by atomic mass is 16.6. The highest BCUT2D eigenvalue weighted by Gasteiger charge is 2.25. The van der Waals surface area contributed by atoms with Crippen molar-refractivity contribution in [2.75, 3.05) is 32.7 Å². The van der Waals surface area contributed by atoms with E-state index in [2.05, 4.69) is 17.6 Å². The molecular formula is C17H28N2O2.